The molecular weight excluding hydrogens is 396 g/mol. The summed E-state index contributed by atoms with van der Waals surface area (Å²) in [7, 11) is 1.68. The lowest BCUT2D eigenvalue weighted by Crippen LogP contribution is -2.49. The normalized spacial score (nSPS) is 16.3. The maximum Gasteiger partial charge on any atom is 0.119 e. The van der Waals surface area contributed by atoms with Crippen LogP contribution in [0.5, 0.6) is 11.5 Å². The van der Waals surface area contributed by atoms with Crippen molar-refractivity contribution >= 4 is 21.6 Å². The van der Waals surface area contributed by atoms with E-state index in [0.29, 0.717) is 13.2 Å². The van der Waals surface area contributed by atoms with E-state index in [9.17, 15) is 5.11 Å². The summed E-state index contributed by atoms with van der Waals surface area (Å²) in [4.78, 5) is 4.65. The third-order valence-electron chi connectivity index (χ3n) is 4.53. The number of ether oxygens (including phenoxy) is 2. The first-order valence-corrected chi connectivity index (χ1v) is 9.61. The van der Waals surface area contributed by atoms with Crippen molar-refractivity contribution in [2.75, 3.05) is 51.3 Å². The Bertz CT molecular complexity index is 670. The summed E-state index contributed by atoms with van der Waals surface area (Å²) in [6.07, 6.45) is -0.494. The van der Waals surface area contributed by atoms with Crippen LogP contribution in [0.3, 0.4) is 0 Å². The lowest BCUT2D eigenvalue weighted by Gasteiger charge is -2.36. The molecule has 2 aromatic carbocycles. The summed E-state index contributed by atoms with van der Waals surface area (Å²) >= 11 is 3.40. The van der Waals surface area contributed by atoms with Gasteiger partial charge in [0.1, 0.15) is 24.2 Å². The summed E-state index contributed by atoms with van der Waals surface area (Å²) in [5.41, 5.74) is 1.21. The molecular formula is C20H25BrN2O3. The zero-order valence-corrected chi connectivity index (χ0v) is 16.6. The van der Waals surface area contributed by atoms with Crippen molar-refractivity contribution in [1.29, 1.82) is 0 Å². The molecule has 0 amide bonds. The Morgan fingerprint density at radius 3 is 2.19 bits per heavy atom. The van der Waals surface area contributed by atoms with Crippen LogP contribution in [0, 0.1) is 0 Å². The molecule has 3 rings (SSSR count). The highest BCUT2D eigenvalue weighted by Crippen LogP contribution is 2.21. The minimum absolute atomic E-state index is 0.306. The minimum Gasteiger partial charge on any atom is -0.497 e. The first-order valence-electron chi connectivity index (χ1n) is 8.82. The third-order valence-corrected chi connectivity index (χ3v) is 5.06. The molecule has 1 aliphatic rings. The smallest absolute Gasteiger partial charge is 0.119 e. The fourth-order valence-electron chi connectivity index (χ4n) is 3.06. The molecule has 0 aliphatic carbocycles. The number of hydrogen-bond donors (Lipinski definition) is 1. The molecule has 1 N–H and O–H groups in total. The molecule has 5 nitrogen and oxygen atoms in total. The van der Waals surface area contributed by atoms with Crippen molar-refractivity contribution in [3.63, 3.8) is 0 Å². The zero-order chi connectivity index (χ0) is 18.4. The van der Waals surface area contributed by atoms with Crippen LogP contribution in [-0.4, -0.2) is 62.6 Å². The Balaban J connectivity index is 1.40. The van der Waals surface area contributed by atoms with Crippen LogP contribution in [0.15, 0.2) is 53.0 Å². The van der Waals surface area contributed by atoms with Gasteiger partial charge in [-0.2, -0.15) is 0 Å². The van der Waals surface area contributed by atoms with E-state index in [-0.39, 0.29) is 0 Å². The van der Waals surface area contributed by atoms with E-state index in [0.717, 1.165) is 42.2 Å². The second-order valence-electron chi connectivity index (χ2n) is 6.40. The molecule has 1 unspecified atom stereocenters. The van der Waals surface area contributed by atoms with Crippen LogP contribution in [0.25, 0.3) is 0 Å². The molecule has 0 radical (unpaired) electrons. The van der Waals surface area contributed by atoms with Crippen LogP contribution in [0.2, 0.25) is 0 Å². The molecule has 0 bridgehead atoms. The van der Waals surface area contributed by atoms with Gasteiger partial charge in [-0.25, -0.2) is 0 Å². The Morgan fingerprint density at radius 2 is 1.58 bits per heavy atom. The van der Waals surface area contributed by atoms with Crippen LogP contribution >= 0.6 is 15.9 Å². The van der Waals surface area contributed by atoms with Crippen molar-refractivity contribution in [2.24, 2.45) is 0 Å². The molecule has 6 heteroatoms. The van der Waals surface area contributed by atoms with E-state index in [1.54, 1.807) is 7.11 Å². The number of methoxy groups -OCH3 is 1. The van der Waals surface area contributed by atoms with Gasteiger partial charge in [-0.05, 0) is 48.5 Å². The highest BCUT2D eigenvalue weighted by molar-refractivity contribution is 9.10. The van der Waals surface area contributed by atoms with Gasteiger partial charge in [0.15, 0.2) is 0 Å². The summed E-state index contributed by atoms with van der Waals surface area (Å²) in [6.45, 7) is 4.70. The number of halogens is 1. The number of aliphatic hydroxyl groups excluding tert-OH is 1. The lowest BCUT2D eigenvalue weighted by atomic mass is 10.2. The van der Waals surface area contributed by atoms with Crippen LogP contribution in [0.4, 0.5) is 5.69 Å². The van der Waals surface area contributed by atoms with Crippen molar-refractivity contribution < 1.29 is 14.6 Å². The number of β-amino-alcohol motifs (C(OH)–C–C–N with tert-alkyl or cyclic N) is 1. The molecule has 0 aromatic heterocycles. The molecule has 1 fully saturated rings. The maximum absolute atomic E-state index is 10.3. The summed E-state index contributed by atoms with van der Waals surface area (Å²) in [5.74, 6) is 1.65. The predicted octanol–water partition coefficient (Wildman–Crippen LogP) is 3.02. The molecule has 1 heterocycles. The van der Waals surface area contributed by atoms with Gasteiger partial charge in [-0.15, -0.1) is 0 Å². The zero-order valence-electron chi connectivity index (χ0n) is 15.0. The number of hydrogen-bond acceptors (Lipinski definition) is 5. The van der Waals surface area contributed by atoms with Crippen molar-refractivity contribution in [1.82, 2.24) is 4.90 Å². The topological polar surface area (TPSA) is 45.2 Å². The largest absolute Gasteiger partial charge is 0.497 e. The second-order valence-corrected chi connectivity index (χ2v) is 7.32. The number of benzene rings is 2. The maximum atomic E-state index is 10.3. The number of nitrogens with zero attached hydrogens (tertiary/aromatic N) is 2. The monoisotopic (exact) mass is 420 g/mol. The molecule has 140 valence electrons. The van der Waals surface area contributed by atoms with E-state index in [1.807, 2.05) is 36.4 Å². The SMILES string of the molecule is COc1ccc(N2CCN(CC(O)COc3ccc(Br)cc3)CC2)cc1. The van der Waals surface area contributed by atoms with E-state index < -0.39 is 6.10 Å². The fraction of sp³-hybridized carbons (Fsp3) is 0.400. The predicted molar refractivity (Wildman–Crippen MR) is 107 cm³/mol. The van der Waals surface area contributed by atoms with Crippen LogP contribution in [0.1, 0.15) is 0 Å². The number of rotatable bonds is 7. The van der Waals surface area contributed by atoms with Gasteiger partial charge in [-0.1, -0.05) is 15.9 Å². The van der Waals surface area contributed by atoms with Gasteiger partial charge in [0.05, 0.1) is 7.11 Å². The molecule has 1 atom stereocenters. The molecule has 0 saturated carbocycles. The second kappa shape index (κ2) is 9.26. The van der Waals surface area contributed by atoms with E-state index >= 15 is 0 Å². The Morgan fingerprint density at radius 1 is 0.962 bits per heavy atom. The Hall–Kier alpha value is -1.76. The van der Waals surface area contributed by atoms with E-state index in [1.165, 1.54) is 5.69 Å². The van der Waals surface area contributed by atoms with Crippen molar-refractivity contribution in [2.45, 2.75) is 6.10 Å². The highest BCUT2D eigenvalue weighted by atomic mass is 79.9. The minimum atomic E-state index is -0.494. The standard InChI is InChI=1S/C20H25BrN2O3/c1-25-19-8-4-17(5-9-19)23-12-10-22(11-13-23)14-18(24)15-26-20-6-2-16(21)3-7-20/h2-9,18,24H,10-15H2,1H3. The Labute approximate surface area is 163 Å². The molecule has 2 aromatic rings. The van der Waals surface area contributed by atoms with Crippen molar-refractivity contribution in [3.05, 3.63) is 53.0 Å². The van der Waals surface area contributed by atoms with Gasteiger partial charge in [-0.3, -0.25) is 4.90 Å². The first kappa shape index (κ1) is 19.0. The fourth-order valence-corrected chi connectivity index (χ4v) is 3.32. The van der Waals surface area contributed by atoms with Gasteiger partial charge in [0.25, 0.3) is 0 Å². The number of piperazine rings is 1. The van der Waals surface area contributed by atoms with Gasteiger partial charge in [0.2, 0.25) is 0 Å². The summed E-state index contributed by atoms with van der Waals surface area (Å²) in [5, 5.41) is 10.3. The Kier molecular flexibility index (Phi) is 6.77. The average Bonchev–Trinajstić information content (AvgIpc) is 2.68. The quantitative estimate of drug-likeness (QED) is 0.745. The molecule has 1 aliphatic heterocycles. The highest BCUT2D eigenvalue weighted by Gasteiger charge is 2.19. The third kappa shape index (κ3) is 5.37. The van der Waals surface area contributed by atoms with Crippen LogP contribution in [-0.2, 0) is 0 Å². The molecule has 0 spiro atoms. The number of aliphatic hydroxyl groups is 1. The van der Waals surface area contributed by atoms with E-state index in [2.05, 4.69) is 37.9 Å². The van der Waals surface area contributed by atoms with E-state index in [4.69, 9.17) is 9.47 Å². The van der Waals surface area contributed by atoms with Gasteiger partial charge in [0, 0.05) is 42.9 Å². The van der Waals surface area contributed by atoms with Crippen molar-refractivity contribution in [3.8, 4) is 11.5 Å². The summed E-state index contributed by atoms with van der Waals surface area (Å²) < 4.78 is 11.9. The molecule has 1 saturated heterocycles. The molecule has 26 heavy (non-hydrogen) atoms. The van der Waals surface area contributed by atoms with Gasteiger partial charge < -0.3 is 19.5 Å². The average molecular weight is 421 g/mol. The summed E-state index contributed by atoms with van der Waals surface area (Å²) in [6, 6.07) is 15.8. The number of anilines is 1. The van der Waals surface area contributed by atoms with Gasteiger partial charge >= 0.3 is 0 Å². The lowest BCUT2D eigenvalue weighted by molar-refractivity contribution is 0.0663. The van der Waals surface area contributed by atoms with Crippen LogP contribution < -0.4 is 14.4 Å². The first-order chi connectivity index (χ1) is 12.6.